The minimum absolute atomic E-state index is 0.0988. The highest BCUT2D eigenvalue weighted by molar-refractivity contribution is 7.47. The topological polar surface area (TPSA) is 91.3 Å². The molecule has 0 aliphatic carbocycles. The average Bonchev–Trinajstić information content (AvgIpc) is 3.01. The molecule has 1 N–H and O–H groups in total. The summed E-state index contributed by atoms with van der Waals surface area (Å²) in [5.41, 5.74) is 3.41. The van der Waals surface area contributed by atoms with Crippen molar-refractivity contribution in [2.75, 3.05) is 32.9 Å². The standard InChI is InChI=1S/C35H60NO7P/c1-5-8-9-10-11-12-13-14-15-16-17-18-19-22-27-40-29-34(43-31(4)37)30-42-44(38,39)41-28-33-26-25-32-23-20-21-24-35(32)36(33,6-2)7-3/h20-21,23-24,28,34H,5-19,22,25-27,29-30H2,1-4H3/p+1. The van der Waals surface area contributed by atoms with Crippen molar-refractivity contribution in [3.05, 3.63) is 41.8 Å². The van der Waals surface area contributed by atoms with Gasteiger partial charge in [-0.3, -0.25) is 18.7 Å². The number of fused-ring (bicyclic) bond motifs is 1. The van der Waals surface area contributed by atoms with Crippen LogP contribution in [-0.4, -0.2) is 49.9 Å². The van der Waals surface area contributed by atoms with E-state index in [4.69, 9.17) is 18.5 Å². The number of esters is 1. The zero-order valence-electron chi connectivity index (χ0n) is 28.1. The molecule has 2 unspecified atom stereocenters. The van der Waals surface area contributed by atoms with Crippen LogP contribution >= 0.6 is 7.82 Å². The Hall–Kier alpha value is -1.70. The highest BCUT2D eigenvalue weighted by Crippen LogP contribution is 2.46. The number of allylic oxidation sites excluding steroid dienone is 1. The van der Waals surface area contributed by atoms with Crippen molar-refractivity contribution in [2.45, 2.75) is 137 Å². The van der Waals surface area contributed by atoms with Gasteiger partial charge in [0.1, 0.15) is 17.5 Å². The van der Waals surface area contributed by atoms with Crippen LogP contribution in [-0.2, 0) is 34.3 Å². The first kappa shape index (κ1) is 38.5. The monoisotopic (exact) mass is 638 g/mol. The Morgan fingerprint density at radius 3 is 2.00 bits per heavy atom. The lowest BCUT2D eigenvalue weighted by molar-refractivity contribution is -0.151. The second-order valence-corrected chi connectivity index (χ2v) is 13.5. The lowest BCUT2D eigenvalue weighted by Gasteiger charge is -2.41. The quantitative estimate of drug-likeness (QED) is 0.0375. The fourth-order valence-corrected chi connectivity index (χ4v) is 6.87. The molecule has 0 aromatic heterocycles. The van der Waals surface area contributed by atoms with Gasteiger partial charge in [-0.25, -0.2) is 4.57 Å². The lowest BCUT2D eigenvalue weighted by Crippen LogP contribution is -2.50. The minimum atomic E-state index is -4.43. The number of para-hydroxylation sites is 1. The van der Waals surface area contributed by atoms with Crippen LogP contribution < -0.4 is 4.48 Å². The van der Waals surface area contributed by atoms with Crippen LogP contribution in [0.4, 0.5) is 5.69 Å². The van der Waals surface area contributed by atoms with Crippen LogP contribution in [0.5, 0.6) is 0 Å². The van der Waals surface area contributed by atoms with Crippen LogP contribution in [0.15, 0.2) is 36.2 Å². The second-order valence-electron chi connectivity index (χ2n) is 12.1. The highest BCUT2D eigenvalue weighted by atomic mass is 31.2. The third kappa shape index (κ3) is 14.2. The van der Waals surface area contributed by atoms with E-state index in [2.05, 4.69) is 32.9 Å². The number of quaternary nitrogens is 1. The fourth-order valence-electron chi connectivity index (χ4n) is 6.20. The fraction of sp³-hybridized carbons (Fsp3) is 0.743. The van der Waals surface area contributed by atoms with Gasteiger partial charge in [0.25, 0.3) is 0 Å². The Morgan fingerprint density at radius 1 is 0.864 bits per heavy atom. The van der Waals surface area contributed by atoms with Gasteiger partial charge in [0.2, 0.25) is 0 Å². The van der Waals surface area contributed by atoms with Crippen molar-refractivity contribution in [3.8, 4) is 0 Å². The lowest BCUT2D eigenvalue weighted by atomic mass is 9.96. The highest BCUT2D eigenvalue weighted by Gasteiger charge is 2.39. The van der Waals surface area contributed by atoms with Crippen LogP contribution in [0.1, 0.15) is 130 Å². The maximum atomic E-state index is 12.8. The van der Waals surface area contributed by atoms with Gasteiger partial charge < -0.3 is 14.0 Å². The summed E-state index contributed by atoms with van der Waals surface area (Å²) in [5.74, 6) is -0.497. The van der Waals surface area contributed by atoms with Crippen LogP contribution in [0, 0.1) is 0 Å². The summed E-state index contributed by atoms with van der Waals surface area (Å²) in [5, 5.41) is 0. The van der Waals surface area contributed by atoms with Crippen molar-refractivity contribution in [2.24, 2.45) is 0 Å². The molecule has 0 bridgehead atoms. The number of rotatable bonds is 25. The first-order valence-corrected chi connectivity index (χ1v) is 18.8. The molecule has 9 heteroatoms. The van der Waals surface area contributed by atoms with Gasteiger partial charge >= 0.3 is 13.8 Å². The summed E-state index contributed by atoms with van der Waals surface area (Å²) in [6, 6.07) is 8.33. The number of aryl methyl sites for hydroxylation is 1. The van der Waals surface area contributed by atoms with E-state index in [-0.39, 0.29) is 13.2 Å². The summed E-state index contributed by atoms with van der Waals surface area (Å²) in [4.78, 5) is 22.0. The molecule has 1 aliphatic rings. The second kappa shape index (κ2) is 21.9. The van der Waals surface area contributed by atoms with E-state index >= 15 is 0 Å². The molecule has 0 fully saturated rings. The molecule has 1 heterocycles. The normalized spacial score (nSPS) is 17.2. The Kier molecular flexibility index (Phi) is 19.2. The molecule has 1 aromatic carbocycles. The van der Waals surface area contributed by atoms with Crippen LogP contribution in [0.25, 0.3) is 0 Å². The van der Waals surface area contributed by atoms with Gasteiger partial charge in [-0.1, -0.05) is 109 Å². The van der Waals surface area contributed by atoms with E-state index in [1.54, 1.807) is 0 Å². The summed E-state index contributed by atoms with van der Waals surface area (Å²) in [6.45, 7) is 9.72. The van der Waals surface area contributed by atoms with Crippen molar-refractivity contribution in [1.29, 1.82) is 0 Å². The maximum Gasteiger partial charge on any atom is 0.527 e. The zero-order valence-corrected chi connectivity index (χ0v) is 29.0. The Labute approximate surface area is 267 Å². The Balaban J connectivity index is 1.66. The van der Waals surface area contributed by atoms with Crippen LogP contribution in [0.3, 0.4) is 0 Å². The van der Waals surface area contributed by atoms with E-state index in [0.29, 0.717) is 11.1 Å². The summed E-state index contributed by atoms with van der Waals surface area (Å²) in [7, 11) is -4.43. The Morgan fingerprint density at radius 2 is 1.43 bits per heavy atom. The molecule has 8 nitrogen and oxygen atoms in total. The van der Waals surface area contributed by atoms with Gasteiger partial charge in [-0.15, -0.1) is 0 Å². The van der Waals surface area contributed by atoms with Crippen molar-refractivity contribution in [1.82, 2.24) is 4.48 Å². The molecular formula is C35H61NO7P+. The van der Waals surface area contributed by atoms with Gasteiger partial charge in [0.05, 0.1) is 26.3 Å². The number of benzene rings is 1. The molecule has 0 saturated heterocycles. The van der Waals surface area contributed by atoms with Crippen molar-refractivity contribution in [3.63, 3.8) is 0 Å². The number of hydrogen-bond acceptors (Lipinski definition) is 6. The third-order valence-corrected chi connectivity index (χ3v) is 9.60. The number of unbranched alkanes of at least 4 members (excludes halogenated alkanes) is 13. The molecule has 0 saturated carbocycles. The molecule has 0 radical (unpaired) electrons. The number of carbonyl (C=O) groups is 1. The van der Waals surface area contributed by atoms with E-state index in [1.165, 1.54) is 101 Å². The van der Waals surface area contributed by atoms with E-state index in [9.17, 15) is 14.3 Å². The smallest absolute Gasteiger partial charge is 0.458 e. The molecule has 2 atom stereocenters. The summed E-state index contributed by atoms with van der Waals surface area (Å²) >= 11 is 0. The average molecular weight is 639 g/mol. The van der Waals surface area contributed by atoms with E-state index in [0.717, 1.165) is 44.5 Å². The van der Waals surface area contributed by atoms with Gasteiger partial charge in [0, 0.05) is 25.5 Å². The van der Waals surface area contributed by atoms with Gasteiger partial charge in [-0.2, -0.15) is 0 Å². The largest absolute Gasteiger partial charge is 0.527 e. The molecule has 1 aliphatic heterocycles. The summed E-state index contributed by atoms with van der Waals surface area (Å²) < 4.78 is 35.0. The first-order valence-electron chi connectivity index (χ1n) is 17.3. The number of carbonyl (C=O) groups excluding carboxylic acids is 1. The maximum absolute atomic E-state index is 12.8. The molecule has 252 valence electrons. The van der Waals surface area contributed by atoms with Crippen molar-refractivity contribution < 1.29 is 32.8 Å². The van der Waals surface area contributed by atoms with Crippen molar-refractivity contribution >= 4 is 19.5 Å². The number of nitrogens with zero attached hydrogens (tertiary/aromatic N) is 1. The predicted molar refractivity (Wildman–Crippen MR) is 179 cm³/mol. The molecule has 1 aromatic rings. The Bertz CT molecular complexity index is 1010. The first-order chi connectivity index (χ1) is 21.3. The van der Waals surface area contributed by atoms with Gasteiger partial charge in [-0.05, 0) is 32.8 Å². The van der Waals surface area contributed by atoms with Gasteiger partial charge in [0.15, 0.2) is 6.26 Å². The molecule has 0 amide bonds. The number of ether oxygens (including phenoxy) is 2. The number of hydrogen-bond donors (Lipinski definition) is 1. The molecule has 2 rings (SSSR count). The van der Waals surface area contributed by atoms with E-state index in [1.807, 2.05) is 12.1 Å². The van der Waals surface area contributed by atoms with E-state index < -0.39 is 19.9 Å². The molecular weight excluding hydrogens is 577 g/mol. The number of phosphoric acid groups is 1. The third-order valence-electron chi connectivity index (χ3n) is 8.76. The number of phosphoric ester groups is 1. The predicted octanol–water partition coefficient (Wildman–Crippen LogP) is 9.38. The molecule has 0 spiro atoms. The zero-order chi connectivity index (χ0) is 32.1. The summed E-state index contributed by atoms with van der Waals surface area (Å²) in [6.07, 6.45) is 20.3. The minimum Gasteiger partial charge on any atom is -0.458 e. The van der Waals surface area contributed by atoms with Crippen LogP contribution in [0.2, 0.25) is 0 Å². The molecule has 44 heavy (non-hydrogen) atoms. The SMILES string of the molecule is CCCCCCCCCCCCCCCCOCC(COP(=O)(O)OC=C1CCc2ccccc2[N+]1(CC)CC)OC(C)=O.